The Labute approximate surface area is 204 Å². The van der Waals surface area contributed by atoms with E-state index < -0.39 is 0 Å². The van der Waals surface area contributed by atoms with Gasteiger partial charge in [0.05, 0.1) is 40.9 Å². The third kappa shape index (κ3) is 3.91. The summed E-state index contributed by atoms with van der Waals surface area (Å²) in [7, 11) is 1.99. The van der Waals surface area contributed by atoms with Crippen LogP contribution in [0.1, 0.15) is 15.9 Å². The molecule has 3 N–H and O–H groups in total. The molecule has 2 aliphatic rings. The van der Waals surface area contributed by atoms with E-state index in [4.69, 9.17) is 4.98 Å². The molecule has 0 unspecified atom stereocenters. The fourth-order valence-electron chi connectivity index (χ4n) is 4.95. The summed E-state index contributed by atoms with van der Waals surface area (Å²) >= 11 is 0. The Hall–Kier alpha value is -4.17. The van der Waals surface area contributed by atoms with Crippen LogP contribution >= 0.6 is 0 Å². The number of rotatable bonds is 5. The Kier molecular flexibility index (Phi) is 5.42. The van der Waals surface area contributed by atoms with Crippen LogP contribution in [0.2, 0.25) is 0 Å². The molecule has 35 heavy (non-hydrogen) atoms. The van der Waals surface area contributed by atoms with Gasteiger partial charge >= 0.3 is 0 Å². The zero-order valence-corrected chi connectivity index (χ0v) is 19.6. The maximum Gasteiger partial charge on any atom is 0.254 e. The van der Waals surface area contributed by atoms with E-state index in [0.717, 1.165) is 65.6 Å². The second kappa shape index (κ2) is 8.88. The van der Waals surface area contributed by atoms with Crippen molar-refractivity contribution in [1.82, 2.24) is 25.2 Å². The molecule has 0 bridgehead atoms. The van der Waals surface area contributed by atoms with Gasteiger partial charge in [0.15, 0.2) is 0 Å². The van der Waals surface area contributed by atoms with E-state index in [-0.39, 0.29) is 5.91 Å². The quantitative estimate of drug-likeness (QED) is 0.418. The van der Waals surface area contributed by atoms with Gasteiger partial charge in [-0.3, -0.25) is 4.79 Å². The first kappa shape index (κ1) is 21.4. The van der Waals surface area contributed by atoms with Crippen LogP contribution in [0.3, 0.4) is 0 Å². The van der Waals surface area contributed by atoms with E-state index in [1.54, 1.807) is 0 Å². The van der Waals surface area contributed by atoms with Crippen LogP contribution in [-0.2, 0) is 13.6 Å². The van der Waals surface area contributed by atoms with Gasteiger partial charge in [-0.05, 0) is 23.8 Å². The van der Waals surface area contributed by atoms with Crippen molar-refractivity contribution in [2.75, 3.05) is 36.4 Å². The number of benzene rings is 2. The summed E-state index contributed by atoms with van der Waals surface area (Å²) in [6.45, 7) is 4.38. The highest BCUT2D eigenvalue weighted by atomic mass is 16.1. The maximum atomic E-state index is 12.9. The summed E-state index contributed by atoms with van der Waals surface area (Å²) in [6.07, 6.45) is 3.71. The molecule has 1 fully saturated rings. The summed E-state index contributed by atoms with van der Waals surface area (Å²) < 4.78 is 2.03. The SMILES string of the molecule is Cn1cnc(-c2ccc(Nc3ccc(N4CCNCC4)cn3)c3c2CNC3=O)c1-c1ccccc1. The summed E-state index contributed by atoms with van der Waals surface area (Å²) in [6, 6.07) is 18.3. The molecule has 1 saturated heterocycles. The number of piperazine rings is 1. The standard InChI is InChI=1S/C27H27N7O/c1-33-17-31-25(26(33)18-5-3-2-4-6-18)20-8-9-22(24-21(20)16-30-27(24)35)32-23-10-7-19(15-29-23)34-13-11-28-12-14-34/h2-10,15,17,28H,11-14,16H2,1H3,(H,29,32)(H,30,35). The number of hydrogen-bond acceptors (Lipinski definition) is 6. The van der Waals surface area contributed by atoms with Crippen molar-refractivity contribution >= 4 is 23.1 Å². The zero-order valence-electron chi connectivity index (χ0n) is 19.6. The molecule has 1 amide bonds. The number of carbonyl (C=O) groups excluding carboxylic acids is 1. The number of aromatic nitrogens is 3. The van der Waals surface area contributed by atoms with Crippen LogP contribution in [-0.4, -0.2) is 46.6 Å². The normalized spacial score (nSPS) is 15.1. The second-order valence-corrected chi connectivity index (χ2v) is 8.88. The number of pyridine rings is 1. The van der Waals surface area contributed by atoms with Gasteiger partial charge in [-0.15, -0.1) is 0 Å². The second-order valence-electron chi connectivity index (χ2n) is 8.88. The Morgan fingerprint density at radius 3 is 2.57 bits per heavy atom. The van der Waals surface area contributed by atoms with E-state index in [2.05, 4.69) is 44.0 Å². The van der Waals surface area contributed by atoms with Gasteiger partial charge in [-0.25, -0.2) is 9.97 Å². The lowest BCUT2D eigenvalue weighted by Gasteiger charge is -2.29. The van der Waals surface area contributed by atoms with Crippen molar-refractivity contribution in [3.63, 3.8) is 0 Å². The van der Waals surface area contributed by atoms with E-state index in [0.29, 0.717) is 17.9 Å². The lowest BCUT2D eigenvalue weighted by atomic mass is 9.96. The van der Waals surface area contributed by atoms with Gasteiger partial charge < -0.3 is 25.4 Å². The number of aryl methyl sites for hydroxylation is 1. The smallest absolute Gasteiger partial charge is 0.254 e. The number of anilines is 3. The summed E-state index contributed by atoms with van der Waals surface area (Å²) in [5, 5.41) is 9.73. The number of nitrogens with one attached hydrogen (secondary N) is 3. The van der Waals surface area contributed by atoms with Crippen LogP contribution in [0, 0.1) is 0 Å². The first-order valence-electron chi connectivity index (χ1n) is 11.9. The molecular formula is C27H27N7O. The predicted molar refractivity (Wildman–Crippen MR) is 138 cm³/mol. The average molecular weight is 466 g/mol. The van der Waals surface area contributed by atoms with E-state index in [1.165, 1.54) is 0 Å². The van der Waals surface area contributed by atoms with Crippen molar-refractivity contribution < 1.29 is 4.79 Å². The highest BCUT2D eigenvalue weighted by Gasteiger charge is 2.28. The Morgan fingerprint density at radius 2 is 1.80 bits per heavy atom. The van der Waals surface area contributed by atoms with E-state index in [1.807, 2.05) is 60.5 Å². The van der Waals surface area contributed by atoms with Crippen LogP contribution in [0.15, 0.2) is 67.1 Å². The molecular weight excluding hydrogens is 438 g/mol. The topological polar surface area (TPSA) is 87.1 Å². The largest absolute Gasteiger partial charge is 0.368 e. The monoisotopic (exact) mass is 465 g/mol. The van der Waals surface area contributed by atoms with E-state index in [9.17, 15) is 4.79 Å². The highest BCUT2D eigenvalue weighted by molar-refractivity contribution is 6.06. The molecule has 2 aromatic carbocycles. The van der Waals surface area contributed by atoms with Crippen LogP contribution in [0.25, 0.3) is 22.5 Å². The molecule has 0 radical (unpaired) electrons. The molecule has 8 nitrogen and oxygen atoms in total. The van der Waals surface area contributed by atoms with Crippen LogP contribution in [0.4, 0.5) is 17.2 Å². The molecule has 0 atom stereocenters. The van der Waals surface area contributed by atoms with Gasteiger partial charge in [-0.2, -0.15) is 0 Å². The minimum Gasteiger partial charge on any atom is -0.368 e. The zero-order chi connectivity index (χ0) is 23.8. The third-order valence-electron chi connectivity index (χ3n) is 6.70. The summed E-state index contributed by atoms with van der Waals surface area (Å²) in [5.41, 5.74) is 7.41. The van der Waals surface area contributed by atoms with Crippen molar-refractivity contribution in [1.29, 1.82) is 0 Å². The third-order valence-corrected chi connectivity index (χ3v) is 6.70. The van der Waals surface area contributed by atoms with Gasteiger partial charge in [0.1, 0.15) is 5.82 Å². The lowest BCUT2D eigenvalue weighted by molar-refractivity contribution is 0.0966. The molecule has 4 heterocycles. The molecule has 4 aromatic rings. The molecule has 8 heteroatoms. The minimum absolute atomic E-state index is 0.0843. The van der Waals surface area contributed by atoms with E-state index >= 15 is 0 Å². The fourth-order valence-corrected chi connectivity index (χ4v) is 4.95. The first-order chi connectivity index (χ1) is 17.2. The number of imidazole rings is 1. The molecule has 2 aliphatic heterocycles. The molecule has 176 valence electrons. The Balaban J connectivity index is 1.34. The number of carbonyl (C=O) groups is 1. The molecule has 0 spiro atoms. The Bertz CT molecular complexity index is 1370. The van der Waals surface area contributed by atoms with Crippen molar-refractivity contribution in [2.45, 2.75) is 6.54 Å². The number of hydrogen-bond donors (Lipinski definition) is 3. The number of amides is 1. The highest BCUT2D eigenvalue weighted by Crippen LogP contribution is 2.38. The average Bonchev–Trinajstić information content (AvgIpc) is 3.49. The van der Waals surface area contributed by atoms with Crippen LogP contribution < -0.4 is 20.9 Å². The fraction of sp³-hybridized carbons (Fsp3) is 0.222. The number of fused-ring (bicyclic) bond motifs is 1. The molecule has 6 rings (SSSR count). The van der Waals surface area contributed by atoms with Crippen molar-refractivity contribution in [3.05, 3.63) is 78.2 Å². The van der Waals surface area contributed by atoms with Gasteiger partial charge in [0.25, 0.3) is 5.91 Å². The van der Waals surface area contributed by atoms with Crippen molar-refractivity contribution in [2.24, 2.45) is 7.05 Å². The van der Waals surface area contributed by atoms with Gasteiger partial charge in [-0.1, -0.05) is 36.4 Å². The lowest BCUT2D eigenvalue weighted by Crippen LogP contribution is -2.43. The first-order valence-corrected chi connectivity index (χ1v) is 11.9. The molecule has 2 aromatic heterocycles. The predicted octanol–water partition coefficient (Wildman–Crippen LogP) is 3.55. The molecule has 0 aliphatic carbocycles. The van der Waals surface area contributed by atoms with Gasteiger partial charge in [0, 0.05) is 50.9 Å². The Morgan fingerprint density at radius 1 is 0.971 bits per heavy atom. The maximum absolute atomic E-state index is 12.9. The van der Waals surface area contributed by atoms with Gasteiger partial charge in [0.2, 0.25) is 0 Å². The molecule has 0 saturated carbocycles. The minimum atomic E-state index is -0.0843. The summed E-state index contributed by atoms with van der Waals surface area (Å²) in [4.78, 5) is 24.5. The van der Waals surface area contributed by atoms with Crippen LogP contribution in [0.5, 0.6) is 0 Å². The number of nitrogens with zero attached hydrogens (tertiary/aromatic N) is 4. The summed E-state index contributed by atoms with van der Waals surface area (Å²) in [5.74, 6) is 0.625. The van der Waals surface area contributed by atoms with Crippen molar-refractivity contribution in [3.8, 4) is 22.5 Å².